The molecular weight excluding hydrogens is 176 g/mol. The molecule has 0 radical (unpaired) electrons. The largest absolute Gasteiger partial charge is 0.388 e. The molecule has 14 heavy (non-hydrogen) atoms. The van der Waals surface area contributed by atoms with Crippen LogP contribution in [0.15, 0.2) is 12.4 Å². The quantitative estimate of drug-likeness (QED) is 0.760. The number of nitrogens with one attached hydrogen (secondary N) is 1. The first-order valence-corrected chi connectivity index (χ1v) is 5.22. The highest BCUT2D eigenvalue weighted by Gasteiger charge is 2.18. The van der Waals surface area contributed by atoms with E-state index in [1.54, 1.807) is 12.4 Å². The van der Waals surface area contributed by atoms with Gasteiger partial charge in [-0.2, -0.15) is 5.10 Å². The van der Waals surface area contributed by atoms with Crippen LogP contribution < -0.4 is 0 Å². The number of aromatic nitrogens is 2. The Kier molecular flexibility index (Phi) is 3.69. The molecule has 0 fully saturated rings. The molecule has 2 N–H and O–H groups in total. The van der Waals surface area contributed by atoms with Crippen molar-refractivity contribution in [3.05, 3.63) is 18.0 Å². The number of aliphatic hydroxyl groups excluding tert-OH is 1. The van der Waals surface area contributed by atoms with Gasteiger partial charge >= 0.3 is 0 Å². The van der Waals surface area contributed by atoms with Gasteiger partial charge in [-0.05, 0) is 18.3 Å². The second kappa shape index (κ2) is 4.60. The SMILES string of the molecule is CCC(C)(C)CCC(O)c1cn[nH]c1. The van der Waals surface area contributed by atoms with Gasteiger partial charge in [0, 0.05) is 11.8 Å². The van der Waals surface area contributed by atoms with Crippen molar-refractivity contribution in [3.63, 3.8) is 0 Å². The number of aliphatic hydroxyl groups is 1. The van der Waals surface area contributed by atoms with Crippen LogP contribution in [0.1, 0.15) is 51.7 Å². The summed E-state index contributed by atoms with van der Waals surface area (Å²) < 4.78 is 0. The monoisotopic (exact) mass is 196 g/mol. The number of nitrogens with zero attached hydrogens (tertiary/aromatic N) is 1. The van der Waals surface area contributed by atoms with E-state index in [0.717, 1.165) is 24.8 Å². The molecule has 0 spiro atoms. The molecule has 1 aromatic rings. The Bertz CT molecular complexity index is 254. The van der Waals surface area contributed by atoms with E-state index in [0.29, 0.717) is 5.41 Å². The second-order valence-corrected chi connectivity index (χ2v) is 4.60. The Labute approximate surface area is 85.5 Å². The van der Waals surface area contributed by atoms with Crippen molar-refractivity contribution in [1.29, 1.82) is 0 Å². The Hall–Kier alpha value is -0.830. The zero-order valence-electron chi connectivity index (χ0n) is 9.25. The van der Waals surface area contributed by atoms with Crippen molar-refractivity contribution in [2.75, 3.05) is 0 Å². The molecule has 0 bridgehead atoms. The summed E-state index contributed by atoms with van der Waals surface area (Å²) in [5, 5.41) is 16.3. The Morgan fingerprint density at radius 1 is 1.57 bits per heavy atom. The van der Waals surface area contributed by atoms with Crippen molar-refractivity contribution >= 4 is 0 Å². The van der Waals surface area contributed by atoms with Crippen molar-refractivity contribution < 1.29 is 5.11 Å². The summed E-state index contributed by atoms with van der Waals surface area (Å²) in [7, 11) is 0. The first kappa shape index (κ1) is 11.2. The smallest absolute Gasteiger partial charge is 0.0820 e. The van der Waals surface area contributed by atoms with Crippen LogP contribution in [0.3, 0.4) is 0 Å². The van der Waals surface area contributed by atoms with Crippen molar-refractivity contribution in [1.82, 2.24) is 10.2 Å². The van der Waals surface area contributed by atoms with Gasteiger partial charge in [-0.1, -0.05) is 27.2 Å². The number of rotatable bonds is 5. The molecule has 0 aromatic carbocycles. The average molecular weight is 196 g/mol. The molecule has 0 amide bonds. The third kappa shape index (κ3) is 3.14. The molecule has 1 atom stereocenters. The molecule has 3 nitrogen and oxygen atoms in total. The van der Waals surface area contributed by atoms with Gasteiger partial charge in [-0.15, -0.1) is 0 Å². The normalized spacial score (nSPS) is 14.3. The van der Waals surface area contributed by atoms with E-state index >= 15 is 0 Å². The average Bonchev–Trinajstić information content (AvgIpc) is 2.67. The van der Waals surface area contributed by atoms with Crippen molar-refractivity contribution in [2.45, 2.75) is 46.1 Å². The molecule has 1 aromatic heterocycles. The molecule has 0 aliphatic carbocycles. The summed E-state index contributed by atoms with van der Waals surface area (Å²) in [6.07, 6.45) is 6.05. The maximum Gasteiger partial charge on any atom is 0.0820 e. The van der Waals surface area contributed by atoms with Crippen LogP contribution >= 0.6 is 0 Å². The second-order valence-electron chi connectivity index (χ2n) is 4.60. The number of hydrogen-bond acceptors (Lipinski definition) is 2. The highest BCUT2D eigenvalue weighted by molar-refractivity contribution is 5.06. The van der Waals surface area contributed by atoms with E-state index < -0.39 is 0 Å². The van der Waals surface area contributed by atoms with Gasteiger partial charge in [0.05, 0.1) is 12.3 Å². The van der Waals surface area contributed by atoms with E-state index in [9.17, 15) is 5.11 Å². The zero-order valence-corrected chi connectivity index (χ0v) is 9.25. The van der Waals surface area contributed by atoms with E-state index in [1.807, 2.05) is 0 Å². The van der Waals surface area contributed by atoms with Gasteiger partial charge in [0.25, 0.3) is 0 Å². The lowest BCUT2D eigenvalue weighted by molar-refractivity contribution is 0.142. The minimum Gasteiger partial charge on any atom is -0.388 e. The highest BCUT2D eigenvalue weighted by atomic mass is 16.3. The highest BCUT2D eigenvalue weighted by Crippen LogP contribution is 2.30. The fourth-order valence-electron chi connectivity index (χ4n) is 1.31. The number of aromatic amines is 1. The number of hydrogen-bond donors (Lipinski definition) is 2. The number of H-pyrrole nitrogens is 1. The van der Waals surface area contributed by atoms with Gasteiger partial charge < -0.3 is 5.11 Å². The van der Waals surface area contributed by atoms with Crippen molar-refractivity contribution in [3.8, 4) is 0 Å². The summed E-state index contributed by atoms with van der Waals surface area (Å²) in [5.74, 6) is 0. The third-order valence-electron chi connectivity index (χ3n) is 2.96. The molecule has 1 rings (SSSR count). The molecule has 0 aliphatic heterocycles. The summed E-state index contributed by atoms with van der Waals surface area (Å²) in [6.45, 7) is 6.65. The predicted molar refractivity (Wildman–Crippen MR) is 56.9 cm³/mol. The minimum absolute atomic E-state index is 0.324. The van der Waals surface area contributed by atoms with Crippen LogP contribution in [-0.4, -0.2) is 15.3 Å². The minimum atomic E-state index is -0.375. The summed E-state index contributed by atoms with van der Waals surface area (Å²) >= 11 is 0. The van der Waals surface area contributed by atoms with E-state index in [-0.39, 0.29) is 6.10 Å². The first-order chi connectivity index (χ1) is 6.55. The van der Waals surface area contributed by atoms with E-state index in [1.165, 1.54) is 0 Å². The van der Waals surface area contributed by atoms with Crippen LogP contribution in [0.5, 0.6) is 0 Å². The van der Waals surface area contributed by atoms with Gasteiger partial charge in [0.2, 0.25) is 0 Å². The first-order valence-electron chi connectivity index (χ1n) is 5.22. The van der Waals surface area contributed by atoms with Crippen LogP contribution in [0, 0.1) is 5.41 Å². The fraction of sp³-hybridized carbons (Fsp3) is 0.727. The molecule has 0 saturated carbocycles. The predicted octanol–water partition coefficient (Wildman–Crippen LogP) is 2.66. The molecular formula is C11H20N2O. The van der Waals surface area contributed by atoms with E-state index in [2.05, 4.69) is 31.0 Å². The lowest BCUT2D eigenvalue weighted by Gasteiger charge is -2.23. The molecule has 80 valence electrons. The molecule has 1 unspecified atom stereocenters. The topological polar surface area (TPSA) is 48.9 Å². The van der Waals surface area contributed by atoms with Gasteiger partial charge in [-0.25, -0.2) is 0 Å². The third-order valence-corrected chi connectivity index (χ3v) is 2.96. The van der Waals surface area contributed by atoms with Gasteiger partial charge in [0.1, 0.15) is 0 Å². The summed E-state index contributed by atoms with van der Waals surface area (Å²) in [4.78, 5) is 0. The maximum absolute atomic E-state index is 9.81. The van der Waals surface area contributed by atoms with Crippen LogP contribution in [0.2, 0.25) is 0 Å². The van der Waals surface area contributed by atoms with Crippen LogP contribution in [0.4, 0.5) is 0 Å². The lowest BCUT2D eigenvalue weighted by atomic mass is 9.84. The standard InChI is InChI=1S/C11H20N2O/c1-4-11(2,3)6-5-10(14)9-7-12-13-8-9/h7-8,10,14H,4-6H2,1-3H3,(H,12,13). The van der Waals surface area contributed by atoms with Crippen LogP contribution in [-0.2, 0) is 0 Å². The molecule has 0 saturated heterocycles. The van der Waals surface area contributed by atoms with Crippen LogP contribution in [0.25, 0.3) is 0 Å². The fourth-order valence-corrected chi connectivity index (χ4v) is 1.31. The summed E-state index contributed by atoms with van der Waals surface area (Å²) in [5.41, 5.74) is 1.21. The Morgan fingerprint density at radius 3 is 2.79 bits per heavy atom. The Morgan fingerprint density at radius 2 is 2.29 bits per heavy atom. The molecule has 0 aliphatic rings. The van der Waals surface area contributed by atoms with Crippen molar-refractivity contribution in [2.24, 2.45) is 5.41 Å². The summed E-state index contributed by atoms with van der Waals surface area (Å²) in [6, 6.07) is 0. The maximum atomic E-state index is 9.81. The lowest BCUT2D eigenvalue weighted by Crippen LogP contribution is -2.11. The molecule has 1 heterocycles. The van der Waals surface area contributed by atoms with Gasteiger partial charge in [0.15, 0.2) is 0 Å². The van der Waals surface area contributed by atoms with Gasteiger partial charge in [-0.3, -0.25) is 5.10 Å². The molecule has 3 heteroatoms. The van der Waals surface area contributed by atoms with E-state index in [4.69, 9.17) is 0 Å². The Balaban J connectivity index is 2.39. The zero-order chi connectivity index (χ0) is 10.6.